The van der Waals surface area contributed by atoms with Gasteiger partial charge in [0.1, 0.15) is 10.6 Å². The van der Waals surface area contributed by atoms with Gasteiger partial charge in [-0.1, -0.05) is 26.0 Å². The van der Waals surface area contributed by atoms with Crippen LogP contribution in [0.4, 0.5) is 5.69 Å². The van der Waals surface area contributed by atoms with E-state index in [0.717, 1.165) is 23.6 Å². The largest absolute Gasteiger partial charge is 0.437 e. The molecule has 0 saturated carbocycles. The molecule has 1 aromatic heterocycles. The highest BCUT2D eigenvalue weighted by molar-refractivity contribution is 7.89. The zero-order chi connectivity index (χ0) is 29.1. The molecule has 0 bridgehead atoms. The van der Waals surface area contributed by atoms with Gasteiger partial charge in [0.05, 0.1) is 10.6 Å². The Morgan fingerprint density at radius 3 is 2.36 bits per heavy atom. The Bertz CT molecular complexity index is 1500. The smallest absolute Gasteiger partial charge is 0.272 e. The van der Waals surface area contributed by atoms with E-state index in [-0.39, 0.29) is 23.4 Å². The fourth-order valence-corrected chi connectivity index (χ4v) is 5.23. The van der Waals surface area contributed by atoms with Crippen LogP contribution in [0.15, 0.2) is 41.3 Å². The van der Waals surface area contributed by atoms with Gasteiger partial charge in [0.25, 0.3) is 11.6 Å². The summed E-state index contributed by atoms with van der Waals surface area (Å²) in [6, 6.07) is 8.46. The number of nitro groups is 1. The molecule has 0 saturated heterocycles. The Hall–Kier alpha value is -3.77. The van der Waals surface area contributed by atoms with E-state index in [1.807, 2.05) is 52.8 Å². The molecule has 11 nitrogen and oxygen atoms in total. The number of hydrogen-bond acceptors (Lipinski definition) is 7. The summed E-state index contributed by atoms with van der Waals surface area (Å²) in [5, 5.41) is 18.9. The van der Waals surface area contributed by atoms with E-state index >= 15 is 0 Å². The molecule has 39 heavy (non-hydrogen) atoms. The van der Waals surface area contributed by atoms with Crippen LogP contribution in [0, 0.1) is 30.9 Å². The van der Waals surface area contributed by atoms with Gasteiger partial charge in [0, 0.05) is 29.8 Å². The van der Waals surface area contributed by atoms with Crippen molar-refractivity contribution in [1.29, 1.82) is 0 Å². The summed E-state index contributed by atoms with van der Waals surface area (Å²) in [5.74, 6) is -0.419. The summed E-state index contributed by atoms with van der Waals surface area (Å²) < 4.78 is 36.8. The number of nitro benzene ring substituents is 1. The number of sulfonamides is 1. The van der Waals surface area contributed by atoms with Gasteiger partial charge in [-0.25, -0.2) is 13.1 Å². The second-order valence-electron chi connectivity index (χ2n) is 9.61. The van der Waals surface area contributed by atoms with Crippen molar-refractivity contribution in [3.05, 3.63) is 68.9 Å². The van der Waals surface area contributed by atoms with Gasteiger partial charge >= 0.3 is 0 Å². The molecule has 0 radical (unpaired) electrons. The van der Waals surface area contributed by atoms with Crippen LogP contribution in [0.25, 0.3) is 5.69 Å². The number of nitrogens with zero attached hydrogens (tertiary/aromatic N) is 3. The van der Waals surface area contributed by atoms with Crippen molar-refractivity contribution in [2.75, 3.05) is 0 Å². The number of nitrogens with one attached hydrogen (secondary N) is 2. The molecule has 0 spiro atoms. The Labute approximate surface area is 228 Å². The van der Waals surface area contributed by atoms with Crippen molar-refractivity contribution in [3.63, 3.8) is 0 Å². The number of aryl methyl sites for hydroxylation is 1. The SMILES string of the molecule is CCC(C)NC(=O)c1nn(-c2cccc(C)c2C)c(Oc2ccc([N+](=O)[O-])cc2S(=O)(=O)NC(C)CC)c1C. The zero-order valence-electron chi connectivity index (χ0n) is 23.2. The lowest BCUT2D eigenvalue weighted by Gasteiger charge is -2.17. The highest BCUT2D eigenvalue weighted by Gasteiger charge is 2.29. The number of hydrogen-bond donors (Lipinski definition) is 2. The quantitative estimate of drug-likeness (QED) is 0.246. The van der Waals surface area contributed by atoms with E-state index in [2.05, 4.69) is 15.1 Å². The summed E-state index contributed by atoms with van der Waals surface area (Å²) in [7, 11) is -4.20. The molecule has 12 heteroatoms. The van der Waals surface area contributed by atoms with Crippen LogP contribution in [0.2, 0.25) is 0 Å². The second kappa shape index (κ2) is 12.0. The molecule has 3 aromatic rings. The van der Waals surface area contributed by atoms with Crippen LogP contribution >= 0.6 is 0 Å². The van der Waals surface area contributed by atoms with E-state index < -0.39 is 37.5 Å². The van der Waals surface area contributed by atoms with Gasteiger partial charge in [-0.15, -0.1) is 0 Å². The summed E-state index contributed by atoms with van der Waals surface area (Å²) in [6.45, 7) is 12.8. The van der Waals surface area contributed by atoms with Gasteiger partial charge in [-0.3, -0.25) is 14.9 Å². The number of aromatic nitrogens is 2. The molecule has 2 unspecified atom stereocenters. The molecule has 0 aliphatic rings. The van der Waals surface area contributed by atoms with Crippen LogP contribution in [-0.2, 0) is 10.0 Å². The van der Waals surface area contributed by atoms with Gasteiger partial charge in [0.2, 0.25) is 15.9 Å². The number of rotatable bonds is 11. The summed E-state index contributed by atoms with van der Waals surface area (Å²) in [4.78, 5) is 23.5. The number of amides is 1. The van der Waals surface area contributed by atoms with Crippen LogP contribution < -0.4 is 14.8 Å². The van der Waals surface area contributed by atoms with E-state index in [9.17, 15) is 23.3 Å². The van der Waals surface area contributed by atoms with Crippen molar-refractivity contribution in [1.82, 2.24) is 19.8 Å². The summed E-state index contributed by atoms with van der Waals surface area (Å²) in [6.07, 6.45) is 1.23. The molecule has 2 atom stereocenters. The lowest BCUT2D eigenvalue weighted by atomic mass is 10.1. The molecule has 210 valence electrons. The van der Waals surface area contributed by atoms with Crippen molar-refractivity contribution >= 4 is 21.6 Å². The van der Waals surface area contributed by atoms with E-state index in [4.69, 9.17) is 4.74 Å². The topological polar surface area (TPSA) is 145 Å². The first kappa shape index (κ1) is 29.8. The standard InChI is InChI=1S/C27H35N5O6S/c1-8-17(4)28-26(33)25-20(7)27(31(29-25)22-12-10-11-16(3)19(22)6)38-23-14-13-21(32(34)35)15-24(23)39(36,37)30-18(5)9-2/h10-15,17-18,30H,8-9H2,1-7H3,(H,28,33). The predicted octanol–water partition coefficient (Wildman–Crippen LogP) is 5.10. The third kappa shape index (κ3) is 6.45. The normalized spacial score (nSPS) is 13.1. The van der Waals surface area contributed by atoms with Crippen molar-refractivity contribution in [3.8, 4) is 17.3 Å². The Balaban J connectivity index is 2.25. The molecular weight excluding hydrogens is 522 g/mol. The zero-order valence-corrected chi connectivity index (χ0v) is 24.0. The van der Waals surface area contributed by atoms with Gasteiger partial charge in [0.15, 0.2) is 5.69 Å². The van der Waals surface area contributed by atoms with E-state index in [1.165, 1.54) is 16.8 Å². The van der Waals surface area contributed by atoms with Crippen molar-refractivity contribution in [2.45, 2.75) is 78.3 Å². The number of non-ortho nitro benzene ring substituents is 1. The van der Waals surface area contributed by atoms with Crippen LogP contribution in [0.3, 0.4) is 0 Å². The number of benzene rings is 2. The number of ether oxygens (including phenoxy) is 1. The molecule has 1 amide bonds. The van der Waals surface area contributed by atoms with Gasteiger partial charge < -0.3 is 10.1 Å². The van der Waals surface area contributed by atoms with Crippen molar-refractivity contribution in [2.24, 2.45) is 0 Å². The monoisotopic (exact) mass is 557 g/mol. The minimum atomic E-state index is -4.20. The highest BCUT2D eigenvalue weighted by atomic mass is 32.2. The Morgan fingerprint density at radius 1 is 1.08 bits per heavy atom. The van der Waals surface area contributed by atoms with Crippen molar-refractivity contribution < 1.29 is 22.9 Å². The van der Waals surface area contributed by atoms with E-state index in [1.54, 1.807) is 13.8 Å². The highest BCUT2D eigenvalue weighted by Crippen LogP contribution is 2.36. The molecule has 3 rings (SSSR count). The predicted molar refractivity (Wildman–Crippen MR) is 148 cm³/mol. The third-order valence-electron chi connectivity index (χ3n) is 6.68. The first-order valence-electron chi connectivity index (χ1n) is 12.8. The van der Waals surface area contributed by atoms with Gasteiger partial charge in [-0.05, 0) is 70.7 Å². The Kier molecular flexibility index (Phi) is 9.13. The first-order chi connectivity index (χ1) is 18.3. The van der Waals surface area contributed by atoms with Crippen LogP contribution in [0.5, 0.6) is 11.6 Å². The fourth-order valence-electron chi connectivity index (χ4n) is 3.76. The van der Waals surface area contributed by atoms with Crippen LogP contribution in [-0.4, -0.2) is 41.1 Å². The molecule has 2 aromatic carbocycles. The Morgan fingerprint density at radius 2 is 1.74 bits per heavy atom. The molecule has 2 N–H and O–H groups in total. The van der Waals surface area contributed by atoms with Crippen LogP contribution in [0.1, 0.15) is 67.7 Å². The molecule has 0 aliphatic heterocycles. The summed E-state index contributed by atoms with van der Waals surface area (Å²) in [5.41, 5.74) is 2.60. The lowest BCUT2D eigenvalue weighted by molar-refractivity contribution is -0.385. The minimum Gasteiger partial charge on any atom is -0.437 e. The average molecular weight is 558 g/mol. The number of carbonyl (C=O) groups is 1. The minimum absolute atomic E-state index is 0.0924. The molecule has 1 heterocycles. The maximum Gasteiger partial charge on any atom is 0.272 e. The van der Waals surface area contributed by atoms with Gasteiger partial charge in [-0.2, -0.15) is 9.78 Å². The lowest BCUT2D eigenvalue weighted by Crippen LogP contribution is -2.32. The first-order valence-corrected chi connectivity index (χ1v) is 14.2. The van der Waals surface area contributed by atoms with E-state index in [0.29, 0.717) is 17.7 Å². The molecule has 0 aliphatic carbocycles. The second-order valence-corrected chi connectivity index (χ2v) is 11.3. The maximum absolute atomic E-state index is 13.3. The fraction of sp³-hybridized carbons (Fsp3) is 0.407. The summed E-state index contributed by atoms with van der Waals surface area (Å²) >= 11 is 0. The molecular formula is C27H35N5O6S. The average Bonchev–Trinajstić information content (AvgIpc) is 3.20. The maximum atomic E-state index is 13.3. The molecule has 0 fully saturated rings. The third-order valence-corrected chi connectivity index (χ3v) is 8.29. The number of carbonyl (C=O) groups excluding carboxylic acids is 1.